The molecule has 0 bridgehead atoms. The molecular weight excluding hydrogens is 458 g/mol. The number of benzene rings is 2. The van der Waals surface area contributed by atoms with Crippen LogP contribution in [0.3, 0.4) is 0 Å². The summed E-state index contributed by atoms with van der Waals surface area (Å²) in [6, 6.07) is 14.5. The Hall–Kier alpha value is -4.12. The average Bonchev–Trinajstić information content (AvgIpc) is 3.36. The van der Waals surface area contributed by atoms with Crippen molar-refractivity contribution in [1.82, 2.24) is 19.7 Å². The topological polar surface area (TPSA) is 117 Å². The van der Waals surface area contributed by atoms with E-state index < -0.39 is 10.0 Å². The van der Waals surface area contributed by atoms with E-state index in [4.69, 9.17) is 14.2 Å². The molecule has 0 aliphatic carbocycles. The van der Waals surface area contributed by atoms with E-state index in [0.717, 1.165) is 0 Å². The van der Waals surface area contributed by atoms with Gasteiger partial charge in [0.1, 0.15) is 28.5 Å². The first-order valence-corrected chi connectivity index (χ1v) is 12.0. The Morgan fingerprint density at radius 2 is 1.71 bits per heavy atom. The molecule has 34 heavy (non-hydrogen) atoms. The Morgan fingerprint density at radius 3 is 2.41 bits per heavy atom. The maximum absolute atomic E-state index is 13.0. The highest BCUT2D eigenvalue weighted by atomic mass is 32.2. The lowest BCUT2D eigenvalue weighted by Gasteiger charge is -2.14. The Bertz CT molecular complexity index is 1340. The van der Waals surface area contributed by atoms with Crippen molar-refractivity contribution in [2.75, 3.05) is 17.9 Å². The Kier molecular flexibility index (Phi) is 6.93. The number of nitrogens with zero attached hydrogens (tertiary/aromatic N) is 4. The molecule has 0 fully saturated rings. The van der Waals surface area contributed by atoms with Crippen LogP contribution in [0.5, 0.6) is 23.1 Å². The van der Waals surface area contributed by atoms with E-state index in [9.17, 15) is 8.42 Å². The third-order valence-electron chi connectivity index (χ3n) is 4.51. The number of anilines is 1. The molecule has 2 heterocycles. The third-order valence-corrected chi connectivity index (χ3v) is 5.93. The van der Waals surface area contributed by atoms with Crippen molar-refractivity contribution in [3.05, 3.63) is 73.3 Å². The standard InChI is InChI=1S/C23H23N5O5S/c1-3-31-19-10-11-21(20(14-19)32-4-2)34(29,30)27-17-6-8-18(9-7-17)33-23-15-22(24-16-25-23)28-13-5-12-26-28/h5-16,27H,3-4H2,1-2H3. The van der Waals surface area contributed by atoms with Crippen molar-refractivity contribution in [2.45, 2.75) is 18.7 Å². The smallest absolute Gasteiger partial charge is 0.265 e. The molecule has 10 nitrogen and oxygen atoms in total. The highest BCUT2D eigenvalue weighted by Gasteiger charge is 2.21. The van der Waals surface area contributed by atoms with Gasteiger partial charge in [0.2, 0.25) is 5.88 Å². The van der Waals surface area contributed by atoms with Gasteiger partial charge in [-0.05, 0) is 56.3 Å². The molecule has 0 spiro atoms. The van der Waals surface area contributed by atoms with E-state index in [1.165, 1.54) is 12.4 Å². The molecule has 4 rings (SSSR count). The monoisotopic (exact) mass is 481 g/mol. The molecule has 2 aromatic carbocycles. The van der Waals surface area contributed by atoms with Crippen LogP contribution < -0.4 is 18.9 Å². The number of rotatable bonds is 10. The molecule has 0 saturated carbocycles. The van der Waals surface area contributed by atoms with Crippen LogP contribution in [0, 0.1) is 0 Å². The minimum atomic E-state index is -3.90. The first-order valence-electron chi connectivity index (χ1n) is 10.5. The second-order valence-electron chi connectivity index (χ2n) is 6.87. The summed E-state index contributed by atoms with van der Waals surface area (Å²) in [4.78, 5) is 8.28. The van der Waals surface area contributed by atoms with Gasteiger partial charge in [0.25, 0.3) is 10.0 Å². The van der Waals surface area contributed by atoms with Crippen LogP contribution in [-0.4, -0.2) is 41.4 Å². The SMILES string of the molecule is CCOc1ccc(S(=O)(=O)Nc2ccc(Oc3cc(-n4cccn4)ncn3)cc2)c(OCC)c1. The largest absolute Gasteiger partial charge is 0.494 e. The van der Waals surface area contributed by atoms with Crippen molar-refractivity contribution in [3.8, 4) is 28.9 Å². The van der Waals surface area contributed by atoms with E-state index in [0.29, 0.717) is 42.1 Å². The predicted molar refractivity (Wildman–Crippen MR) is 125 cm³/mol. The molecule has 2 aromatic heterocycles. The second-order valence-corrected chi connectivity index (χ2v) is 8.52. The minimum absolute atomic E-state index is 0.0188. The lowest BCUT2D eigenvalue weighted by atomic mass is 10.3. The zero-order chi connectivity index (χ0) is 24.0. The van der Waals surface area contributed by atoms with Crippen molar-refractivity contribution in [3.63, 3.8) is 0 Å². The van der Waals surface area contributed by atoms with Gasteiger partial charge in [0.15, 0.2) is 5.82 Å². The van der Waals surface area contributed by atoms with Crippen molar-refractivity contribution in [1.29, 1.82) is 0 Å². The van der Waals surface area contributed by atoms with Gasteiger partial charge in [-0.2, -0.15) is 5.10 Å². The maximum atomic E-state index is 13.0. The van der Waals surface area contributed by atoms with Gasteiger partial charge >= 0.3 is 0 Å². The molecule has 0 aliphatic heterocycles. The summed E-state index contributed by atoms with van der Waals surface area (Å²) >= 11 is 0. The Labute approximate surface area is 197 Å². The van der Waals surface area contributed by atoms with Crippen LogP contribution >= 0.6 is 0 Å². The summed E-state index contributed by atoms with van der Waals surface area (Å²) in [6.45, 7) is 4.41. The van der Waals surface area contributed by atoms with Crippen molar-refractivity contribution >= 4 is 15.7 Å². The highest BCUT2D eigenvalue weighted by Crippen LogP contribution is 2.31. The number of sulfonamides is 1. The number of aromatic nitrogens is 4. The zero-order valence-corrected chi connectivity index (χ0v) is 19.4. The molecule has 4 aromatic rings. The average molecular weight is 482 g/mol. The quantitative estimate of drug-likeness (QED) is 0.360. The zero-order valence-electron chi connectivity index (χ0n) is 18.6. The maximum Gasteiger partial charge on any atom is 0.265 e. The van der Waals surface area contributed by atoms with Crippen LogP contribution in [0.25, 0.3) is 5.82 Å². The summed E-state index contributed by atoms with van der Waals surface area (Å²) in [5, 5.41) is 4.13. The summed E-state index contributed by atoms with van der Waals surface area (Å²) in [6.07, 6.45) is 4.78. The van der Waals surface area contributed by atoms with Gasteiger partial charge in [0, 0.05) is 30.2 Å². The highest BCUT2D eigenvalue weighted by molar-refractivity contribution is 7.92. The fourth-order valence-corrected chi connectivity index (χ4v) is 4.26. The van der Waals surface area contributed by atoms with Crippen molar-refractivity contribution in [2.24, 2.45) is 0 Å². The van der Waals surface area contributed by atoms with Crippen LogP contribution in [-0.2, 0) is 10.0 Å². The van der Waals surface area contributed by atoms with Gasteiger partial charge < -0.3 is 14.2 Å². The normalized spacial score (nSPS) is 11.1. The summed E-state index contributed by atoms with van der Waals surface area (Å²) < 4.78 is 46.9. The molecule has 0 radical (unpaired) electrons. The van der Waals surface area contributed by atoms with E-state index in [-0.39, 0.29) is 10.6 Å². The number of ether oxygens (including phenoxy) is 3. The molecule has 11 heteroatoms. The van der Waals surface area contributed by atoms with Gasteiger partial charge in [0.05, 0.1) is 13.2 Å². The fourth-order valence-electron chi connectivity index (χ4n) is 3.07. The van der Waals surface area contributed by atoms with Crippen molar-refractivity contribution < 1.29 is 22.6 Å². The summed E-state index contributed by atoms with van der Waals surface area (Å²) in [5.74, 6) is 2.11. The minimum Gasteiger partial charge on any atom is -0.494 e. The Morgan fingerprint density at radius 1 is 0.941 bits per heavy atom. The van der Waals surface area contributed by atoms with Gasteiger partial charge in [-0.25, -0.2) is 23.1 Å². The van der Waals surface area contributed by atoms with E-state index in [1.807, 2.05) is 6.92 Å². The second kappa shape index (κ2) is 10.2. The number of nitrogens with one attached hydrogen (secondary N) is 1. The summed E-state index contributed by atoms with van der Waals surface area (Å²) in [5.41, 5.74) is 0.364. The van der Waals surface area contributed by atoms with Gasteiger partial charge in [-0.1, -0.05) is 0 Å². The predicted octanol–water partition coefficient (Wildman–Crippen LogP) is 4.05. The van der Waals surface area contributed by atoms with E-state index in [1.54, 1.807) is 72.5 Å². The van der Waals surface area contributed by atoms with Crippen LogP contribution in [0.2, 0.25) is 0 Å². The molecule has 0 aliphatic rings. The molecular formula is C23H23N5O5S. The lowest BCUT2D eigenvalue weighted by Crippen LogP contribution is -2.14. The van der Waals surface area contributed by atoms with Gasteiger partial charge in [-0.3, -0.25) is 4.72 Å². The van der Waals surface area contributed by atoms with E-state index >= 15 is 0 Å². The van der Waals surface area contributed by atoms with Crippen LogP contribution in [0.4, 0.5) is 5.69 Å². The van der Waals surface area contributed by atoms with Crippen LogP contribution in [0.1, 0.15) is 13.8 Å². The molecule has 176 valence electrons. The third kappa shape index (κ3) is 5.44. The molecule has 0 atom stereocenters. The lowest BCUT2D eigenvalue weighted by molar-refractivity contribution is 0.317. The van der Waals surface area contributed by atoms with Crippen LogP contribution in [0.15, 0.2) is 78.2 Å². The molecule has 0 unspecified atom stereocenters. The first kappa shape index (κ1) is 23.1. The first-order chi connectivity index (χ1) is 16.5. The molecule has 0 amide bonds. The number of hydrogen-bond donors (Lipinski definition) is 1. The van der Waals surface area contributed by atoms with E-state index in [2.05, 4.69) is 19.8 Å². The van der Waals surface area contributed by atoms with Gasteiger partial charge in [-0.15, -0.1) is 0 Å². The number of hydrogen-bond acceptors (Lipinski definition) is 8. The molecule has 1 N–H and O–H groups in total. The fraction of sp³-hybridized carbons (Fsp3) is 0.174. The summed E-state index contributed by atoms with van der Waals surface area (Å²) in [7, 11) is -3.90. The molecule has 0 saturated heterocycles. The Balaban J connectivity index is 1.49.